The topological polar surface area (TPSA) is 46.0 Å². The van der Waals surface area contributed by atoms with Gasteiger partial charge in [0, 0.05) is 39.2 Å². The maximum atomic E-state index is 14.1. The molecule has 2 aromatic carbocycles. The summed E-state index contributed by atoms with van der Waals surface area (Å²) in [6.07, 6.45) is 3.11. The number of phenols is 1. The lowest BCUT2D eigenvalue weighted by Gasteiger charge is -2.22. The van der Waals surface area contributed by atoms with E-state index in [0.717, 1.165) is 17.6 Å². The third-order valence-corrected chi connectivity index (χ3v) is 5.72. The Labute approximate surface area is 181 Å². The van der Waals surface area contributed by atoms with Crippen LogP contribution in [0.5, 0.6) is 5.75 Å². The van der Waals surface area contributed by atoms with Crippen molar-refractivity contribution in [1.29, 1.82) is 0 Å². The van der Waals surface area contributed by atoms with Crippen LogP contribution >= 0.6 is 23.2 Å². The first-order chi connectivity index (χ1) is 14.5. The first-order valence-electron chi connectivity index (χ1n) is 9.26. The van der Waals surface area contributed by atoms with E-state index < -0.39 is 17.6 Å². The van der Waals surface area contributed by atoms with E-state index in [1.165, 1.54) is 0 Å². The lowest BCUT2D eigenvalue weighted by Crippen LogP contribution is -2.07. The highest BCUT2D eigenvalue weighted by molar-refractivity contribution is 6.36. The minimum absolute atomic E-state index is 0.0154. The zero-order valence-electron chi connectivity index (χ0n) is 15.6. The van der Waals surface area contributed by atoms with Gasteiger partial charge in [0.05, 0.1) is 11.9 Å². The Balaban J connectivity index is 1.81. The summed E-state index contributed by atoms with van der Waals surface area (Å²) < 4.78 is 27.3. The molecule has 0 aliphatic heterocycles. The third-order valence-electron chi connectivity index (χ3n) is 5.06. The lowest BCUT2D eigenvalue weighted by atomic mass is 9.85. The first-order valence-corrected chi connectivity index (χ1v) is 10.0. The van der Waals surface area contributed by atoms with E-state index in [4.69, 9.17) is 23.2 Å². The second-order valence-electron chi connectivity index (χ2n) is 6.89. The quantitative estimate of drug-likeness (QED) is 0.373. The second-order valence-corrected chi connectivity index (χ2v) is 7.70. The van der Waals surface area contributed by atoms with Crippen LogP contribution < -0.4 is 0 Å². The van der Waals surface area contributed by atoms with Gasteiger partial charge in [-0.1, -0.05) is 47.5 Å². The molecular formula is C23H16Cl2F2N2O. The van der Waals surface area contributed by atoms with E-state index in [9.17, 15) is 13.9 Å². The number of benzene rings is 2. The molecule has 1 atom stereocenters. The molecule has 0 radical (unpaired) electrons. The minimum atomic E-state index is -0.736. The van der Waals surface area contributed by atoms with Gasteiger partial charge in [-0.15, -0.1) is 0 Å². The van der Waals surface area contributed by atoms with Crippen LogP contribution in [-0.2, 0) is 6.42 Å². The van der Waals surface area contributed by atoms with Gasteiger partial charge in [-0.05, 0) is 36.6 Å². The van der Waals surface area contributed by atoms with Gasteiger partial charge < -0.3 is 5.11 Å². The van der Waals surface area contributed by atoms with Crippen LogP contribution in [0.2, 0.25) is 10.0 Å². The van der Waals surface area contributed by atoms with Crippen LogP contribution in [0, 0.1) is 11.6 Å². The number of halogens is 4. The number of nitrogens with zero attached hydrogens (tertiary/aromatic N) is 2. The van der Waals surface area contributed by atoms with Crippen LogP contribution in [0.25, 0.3) is 10.9 Å². The Morgan fingerprint density at radius 2 is 1.73 bits per heavy atom. The average molecular weight is 445 g/mol. The number of aromatic nitrogens is 2. The summed E-state index contributed by atoms with van der Waals surface area (Å²) in [4.78, 5) is 8.14. The lowest BCUT2D eigenvalue weighted by molar-refractivity contribution is 0.467. The van der Waals surface area contributed by atoms with Gasteiger partial charge >= 0.3 is 0 Å². The predicted octanol–water partition coefficient (Wildman–Crippen LogP) is 6.69. The van der Waals surface area contributed by atoms with Crippen molar-refractivity contribution in [2.75, 3.05) is 0 Å². The summed E-state index contributed by atoms with van der Waals surface area (Å²) in [5, 5.41) is 12.6. The molecule has 152 valence electrons. The number of pyridine rings is 2. The number of aromatic hydroxyl groups is 1. The van der Waals surface area contributed by atoms with Crippen LogP contribution in [-0.4, -0.2) is 15.1 Å². The maximum Gasteiger partial charge on any atom is 0.147 e. The number of fused-ring (bicyclic) bond motifs is 1. The second kappa shape index (κ2) is 8.54. The van der Waals surface area contributed by atoms with E-state index in [1.807, 2.05) is 12.1 Å². The van der Waals surface area contributed by atoms with Gasteiger partial charge in [0.1, 0.15) is 22.9 Å². The normalized spacial score (nSPS) is 12.3. The summed E-state index contributed by atoms with van der Waals surface area (Å²) in [7, 11) is 0. The molecule has 2 heterocycles. The Hall–Kier alpha value is -2.76. The van der Waals surface area contributed by atoms with E-state index in [1.54, 1.807) is 36.5 Å². The molecule has 0 fully saturated rings. The highest BCUT2D eigenvalue weighted by atomic mass is 35.5. The van der Waals surface area contributed by atoms with Crippen LogP contribution in [0.3, 0.4) is 0 Å². The highest BCUT2D eigenvalue weighted by Gasteiger charge is 2.25. The molecule has 7 heteroatoms. The van der Waals surface area contributed by atoms with Crippen molar-refractivity contribution >= 4 is 34.1 Å². The van der Waals surface area contributed by atoms with Crippen molar-refractivity contribution < 1.29 is 13.9 Å². The molecule has 3 nitrogen and oxygen atoms in total. The van der Waals surface area contributed by atoms with E-state index in [2.05, 4.69) is 9.97 Å². The van der Waals surface area contributed by atoms with Crippen molar-refractivity contribution in [2.45, 2.75) is 18.8 Å². The van der Waals surface area contributed by atoms with Crippen molar-refractivity contribution in [3.8, 4) is 5.75 Å². The van der Waals surface area contributed by atoms with Gasteiger partial charge in [0.25, 0.3) is 0 Å². The van der Waals surface area contributed by atoms with Crippen molar-refractivity contribution in [3.05, 3.63) is 99.4 Å². The number of hydrogen-bond acceptors (Lipinski definition) is 3. The molecule has 0 aliphatic rings. The standard InChI is InChI=1S/C23H16Cl2F2N2O/c24-17-4-1-5-18(25)21(17)15(8-9-20-19(27)11-14(26)12-29-20)16-7-6-13-3-2-10-28-22(13)23(16)30/h1-7,10-12,15,30H,8-9H2. The molecular weight excluding hydrogens is 429 g/mol. The molecule has 4 aromatic rings. The fraction of sp³-hybridized carbons (Fsp3) is 0.130. The molecule has 1 N–H and O–H groups in total. The number of rotatable bonds is 5. The molecule has 0 bridgehead atoms. The van der Waals surface area contributed by atoms with Gasteiger partial charge in [-0.25, -0.2) is 8.78 Å². The van der Waals surface area contributed by atoms with Crippen molar-refractivity contribution in [3.63, 3.8) is 0 Å². The predicted molar refractivity (Wildman–Crippen MR) is 114 cm³/mol. The molecule has 30 heavy (non-hydrogen) atoms. The zero-order chi connectivity index (χ0) is 21.3. The smallest absolute Gasteiger partial charge is 0.147 e. The van der Waals surface area contributed by atoms with Crippen LogP contribution in [0.15, 0.2) is 60.9 Å². The Bertz CT molecular complexity index is 1210. The van der Waals surface area contributed by atoms with E-state index in [0.29, 0.717) is 33.1 Å². The minimum Gasteiger partial charge on any atom is -0.505 e. The zero-order valence-corrected chi connectivity index (χ0v) is 17.1. The van der Waals surface area contributed by atoms with Crippen LogP contribution in [0.1, 0.15) is 29.2 Å². The Morgan fingerprint density at radius 1 is 0.967 bits per heavy atom. The van der Waals surface area contributed by atoms with Crippen molar-refractivity contribution in [2.24, 2.45) is 0 Å². The molecule has 0 saturated heterocycles. The average Bonchev–Trinajstić information content (AvgIpc) is 2.72. The number of phenolic OH excluding ortho intramolecular Hbond substituents is 1. The summed E-state index contributed by atoms with van der Waals surface area (Å²) in [6.45, 7) is 0. The molecule has 0 saturated carbocycles. The number of aryl methyl sites for hydroxylation is 1. The summed E-state index contributed by atoms with van der Waals surface area (Å²) in [5.41, 5.74) is 1.77. The Morgan fingerprint density at radius 3 is 2.47 bits per heavy atom. The van der Waals surface area contributed by atoms with E-state index >= 15 is 0 Å². The molecule has 0 aliphatic carbocycles. The largest absolute Gasteiger partial charge is 0.505 e. The Kier molecular flexibility index (Phi) is 5.84. The van der Waals surface area contributed by atoms with E-state index in [-0.39, 0.29) is 17.9 Å². The number of hydrogen-bond donors (Lipinski definition) is 1. The first kappa shape index (κ1) is 20.5. The molecule has 4 rings (SSSR count). The fourth-order valence-electron chi connectivity index (χ4n) is 3.63. The highest BCUT2D eigenvalue weighted by Crippen LogP contribution is 2.43. The summed E-state index contributed by atoms with van der Waals surface area (Å²) >= 11 is 12.9. The van der Waals surface area contributed by atoms with Gasteiger partial charge in [0.2, 0.25) is 0 Å². The monoisotopic (exact) mass is 444 g/mol. The summed E-state index contributed by atoms with van der Waals surface area (Å²) in [5.74, 6) is -1.89. The van der Waals surface area contributed by atoms with Gasteiger partial charge in [-0.2, -0.15) is 0 Å². The van der Waals surface area contributed by atoms with Crippen molar-refractivity contribution in [1.82, 2.24) is 9.97 Å². The summed E-state index contributed by atoms with van der Waals surface area (Å²) in [6, 6.07) is 13.2. The van der Waals surface area contributed by atoms with Gasteiger partial charge in [0.15, 0.2) is 0 Å². The van der Waals surface area contributed by atoms with Gasteiger partial charge in [-0.3, -0.25) is 9.97 Å². The third kappa shape index (κ3) is 3.95. The molecule has 1 unspecified atom stereocenters. The maximum absolute atomic E-state index is 14.1. The van der Waals surface area contributed by atoms with Crippen LogP contribution in [0.4, 0.5) is 8.78 Å². The molecule has 0 amide bonds. The molecule has 2 aromatic heterocycles. The fourth-order valence-corrected chi connectivity index (χ4v) is 4.29. The molecule has 0 spiro atoms. The SMILES string of the molecule is Oc1c(C(CCc2ncc(F)cc2F)c2c(Cl)cccc2Cl)ccc2cccnc12.